The monoisotopic (exact) mass is 317 g/mol. The summed E-state index contributed by atoms with van der Waals surface area (Å²) in [5.41, 5.74) is 5.27. The number of benzene rings is 2. The Bertz CT molecular complexity index is 563. The molecule has 0 aromatic heterocycles. The van der Waals surface area contributed by atoms with E-state index >= 15 is 0 Å². The molecule has 1 unspecified atom stereocenters. The molecule has 2 rings (SSSR count). The quantitative estimate of drug-likeness (QED) is 0.867. The topological polar surface area (TPSA) is 12.0 Å². The SMILES string of the molecule is CCc1cccc(C(NC)c2ccc(Br)c(C)c2)c1. The molecule has 0 saturated heterocycles. The number of nitrogens with one attached hydrogen (secondary N) is 1. The summed E-state index contributed by atoms with van der Waals surface area (Å²) >= 11 is 3.56. The number of hydrogen-bond donors (Lipinski definition) is 1. The number of hydrogen-bond acceptors (Lipinski definition) is 1. The van der Waals surface area contributed by atoms with Gasteiger partial charge >= 0.3 is 0 Å². The second-order valence-electron chi connectivity index (χ2n) is 4.83. The van der Waals surface area contributed by atoms with E-state index in [1.54, 1.807) is 0 Å². The van der Waals surface area contributed by atoms with Crippen molar-refractivity contribution in [2.24, 2.45) is 0 Å². The Hall–Kier alpha value is -1.12. The Labute approximate surface area is 124 Å². The summed E-state index contributed by atoms with van der Waals surface area (Å²) in [6, 6.07) is 15.6. The Morgan fingerprint density at radius 2 is 1.84 bits per heavy atom. The lowest BCUT2D eigenvalue weighted by molar-refractivity contribution is 0.690. The molecular formula is C17H20BrN. The van der Waals surface area contributed by atoms with Crippen LogP contribution >= 0.6 is 15.9 Å². The van der Waals surface area contributed by atoms with Gasteiger partial charge in [-0.3, -0.25) is 0 Å². The third kappa shape index (κ3) is 3.26. The van der Waals surface area contributed by atoms with Crippen LogP contribution in [-0.4, -0.2) is 7.05 Å². The predicted octanol–water partition coefficient (Wildman–Crippen LogP) is 4.63. The second-order valence-corrected chi connectivity index (χ2v) is 5.68. The Kier molecular flexibility index (Phi) is 4.78. The summed E-state index contributed by atoms with van der Waals surface area (Å²) < 4.78 is 1.16. The van der Waals surface area contributed by atoms with E-state index in [4.69, 9.17) is 0 Å². The summed E-state index contributed by atoms with van der Waals surface area (Å²) in [5, 5.41) is 3.42. The van der Waals surface area contributed by atoms with Crippen molar-refractivity contribution in [1.82, 2.24) is 5.32 Å². The zero-order chi connectivity index (χ0) is 13.8. The summed E-state index contributed by atoms with van der Waals surface area (Å²) in [4.78, 5) is 0. The minimum atomic E-state index is 0.248. The maximum absolute atomic E-state index is 3.56. The molecule has 2 aromatic rings. The van der Waals surface area contributed by atoms with Crippen LogP contribution in [-0.2, 0) is 6.42 Å². The van der Waals surface area contributed by atoms with Gasteiger partial charge in [0.25, 0.3) is 0 Å². The molecular weight excluding hydrogens is 298 g/mol. The van der Waals surface area contributed by atoms with Crippen molar-refractivity contribution >= 4 is 15.9 Å². The Balaban J connectivity index is 2.40. The minimum absolute atomic E-state index is 0.248. The molecule has 0 bridgehead atoms. The van der Waals surface area contributed by atoms with E-state index in [1.807, 2.05) is 7.05 Å². The fourth-order valence-corrected chi connectivity index (χ4v) is 2.61. The lowest BCUT2D eigenvalue weighted by Gasteiger charge is -2.19. The van der Waals surface area contributed by atoms with Crippen LogP contribution < -0.4 is 5.32 Å². The standard InChI is InChI=1S/C17H20BrN/c1-4-13-6-5-7-14(11-13)17(19-3)15-8-9-16(18)12(2)10-15/h5-11,17,19H,4H2,1-3H3. The molecule has 0 heterocycles. The highest BCUT2D eigenvalue weighted by Crippen LogP contribution is 2.26. The van der Waals surface area contributed by atoms with Gasteiger partial charge in [0.2, 0.25) is 0 Å². The highest BCUT2D eigenvalue weighted by Gasteiger charge is 2.12. The van der Waals surface area contributed by atoms with E-state index in [9.17, 15) is 0 Å². The van der Waals surface area contributed by atoms with Crippen LogP contribution in [0.5, 0.6) is 0 Å². The minimum Gasteiger partial charge on any atom is -0.309 e. The van der Waals surface area contributed by atoms with Gasteiger partial charge in [0, 0.05) is 4.47 Å². The smallest absolute Gasteiger partial charge is 0.0574 e. The predicted molar refractivity (Wildman–Crippen MR) is 85.6 cm³/mol. The first-order chi connectivity index (χ1) is 9.15. The van der Waals surface area contributed by atoms with Gasteiger partial charge in [-0.1, -0.05) is 59.3 Å². The van der Waals surface area contributed by atoms with Crippen molar-refractivity contribution in [3.63, 3.8) is 0 Å². The largest absolute Gasteiger partial charge is 0.309 e. The molecule has 0 radical (unpaired) electrons. The highest BCUT2D eigenvalue weighted by atomic mass is 79.9. The summed E-state index contributed by atoms with van der Waals surface area (Å²) in [5.74, 6) is 0. The third-order valence-corrected chi connectivity index (χ3v) is 4.39. The van der Waals surface area contributed by atoms with E-state index in [1.165, 1.54) is 22.3 Å². The normalized spacial score (nSPS) is 12.4. The summed E-state index contributed by atoms with van der Waals surface area (Å²) in [7, 11) is 2.01. The zero-order valence-corrected chi connectivity index (χ0v) is 13.3. The van der Waals surface area contributed by atoms with Gasteiger partial charge in [-0.2, -0.15) is 0 Å². The Morgan fingerprint density at radius 3 is 2.47 bits per heavy atom. The van der Waals surface area contributed by atoms with Gasteiger partial charge in [0.15, 0.2) is 0 Å². The fourth-order valence-electron chi connectivity index (χ4n) is 2.37. The van der Waals surface area contributed by atoms with Gasteiger partial charge < -0.3 is 5.32 Å². The number of aryl methyl sites for hydroxylation is 2. The van der Waals surface area contributed by atoms with Gasteiger partial charge in [-0.15, -0.1) is 0 Å². The molecule has 0 spiro atoms. The molecule has 1 atom stereocenters. The molecule has 0 aliphatic heterocycles. The molecule has 0 saturated carbocycles. The lowest BCUT2D eigenvalue weighted by atomic mass is 9.96. The zero-order valence-electron chi connectivity index (χ0n) is 11.7. The van der Waals surface area contributed by atoms with Crippen molar-refractivity contribution in [2.75, 3.05) is 7.05 Å². The fraction of sp³-hybridized carbons (Fsp3) is 0.294. The molecule has 1 N–H and O–H groups in total. The molecule has 2 aromatic carbocycles. The Morgan fingerprint density at radius 1 is 1.11 bits per heavy atom. The van der Waals surface area contributed by atoms with Crippen molar-refractivity contribution in [3.05, 3.63) is 69.2 Å². The maximum atomic E-state index is 3.56. The number of halogens is 1. The molecule has 100 valence electrons. The first kappa shape index (κ1) is 14.3. The van der Waals surface area contributed by atoms with Crippen LogP contribution in [0.15, 0.2) is 46.9 Å². The van der Waals surface area contributed by atoms with Gasteiger partial charge in [0.05, 0.1) is 6.04 Å². The first-order valence-electron chi connectivity index (χ1n) is 6.68. The van der Waals surface area contributed by atoms with Crippen molar-refractivity contribution in [2.45, 2.75) is 26.3 Å². The van der Waals surface area contributed by atoms with Crippen LogP contribution in [0, 0.1) is 6.92 Å². The van der Waals surface area contributed by atoms with E-state index in [0.29, 0.717) is 0 Å². The summed E-state index contributed by atoms with van der Waals surface area (Å²) in [6.45, 7) is 4.32. The molecule has 0 aliphatic carbocycles. The third-order valence-electron chi connectivity index (χ3n) is 3.50. The van der Waals surface area contributed by atoms with Crippen LogP contribution in [0.25, 0.3) is 0 Å². The molecule has 2 heteroatoms. The van der Waals surface area contributed by atoms with E-state index in [-0.39, 0.29) is 6.04 Å². The van der Waals surface area contributed by atoms with Crippen molar-refractivity contribution < 1.29 is 0 Å². The van der Waals surface area contributed by atoms with Gasteiger partial charge in [0.1, 0.15) is 0 Å². The average molecular weight is 318 g/mol. The number of rotatable bonds is 4. The first-order valence-corrected chi connectivity index (χ1v) is 7.47. The highest BCUT2D eigenvalue weighted by molar-refractivity contribution is 9.10. The van der Waals surface area contributed by atoms with E-state index in [2.05, 4.69) is 77.6 Å². The van der Waals surface area contributed by atoms with Gasteiger partial charge in [-0.25, -0.2) is 0 Å². The molecule has 1 nitrogen and oxygen atoms in total. The molecule has 0 amide bonds. The molecule has 0 fully saturated rings. The maximum Gasteiger partial charge on any atom is 0.0574 e. The molecule has 19 heavy (non-hydrogen) atoms. The van der Waals surface area contributed by atoms with Crippen molar-refractivity contribution in [3.8, 4) is 0 Å². The second kappa shape index (κ2) is 6.36. The van der Waals surface area contributed by atoms with Crippen LogP contribution in [0.4, 0.5) is 0 Å². The van der Waals surface area contributed by atoms with Crippen molar-refractivity contribution in [1.29, 1.82) is 0 Å². The van der Waals surface area contributed by atoms with E-state index in [0.717, 1.165) is 10.9 Å². The van der Waals surface area contributed by atoms with Crippen LogP contribution in [0.3, 0.4) is 0 Å². The summed E-state index contributed by atoms with van der Waals surface area (Å²) in [6.07, 6.45) is 1.07. The van der Waals surface area contributed by atoms with E-state index < -0.39 is 0 Å². The lowest BCUT2D eigenvalue weighted by Crippen LogP contribution is -2.17. The molecule has 0 aliphatic rings. The van der Waals surface area contributed by atoms with Crippen LogP contribution in [0.1, 0.15) is 35.2 Å². The van der Waals surface area contributed by atoms with Crippen LogP contribution in [0.2, 0.25) is 0 Å². The van der Waals surface area contributed by atoms with Gasteiger partial charge in [-0.05, 0) is 48.7 Å². The average Bonchev–Trinajstić information content (AvgIpc) is 2.44.